The van der Waals surface area contributed by atoms with E-state index in [1.54, 1.807) is 0 Å². The number of ether oxygens (including phenoxy) is 1. The fourth-order valence-corrected chi connectivity index (χ4v) is 4.34. The van der Waals surface area contributed by atoms with Crippen molar-refractivity contribution in [2.24, 2.45) is 11.1 Å². The molecule has 1 saturated carbocycles. The van der Waals surface area contributed by atoms with E-state index < -0.39 is 0 Å². The number of nitrogens with zero attached hydrogens (tertiary/aromatic N) is 2. The Morgan fingerprint density at radius 2 is 1.95 bits per heavy atom. The molecule has 2 atom stereocenters. The Hall–Kier alpha value is -1.39. The van der Waals surface area contributed by atoms with E-state index in [0.717, 1.165) is 42.9 Å². The molecule has 0 spiro atoms. The summed E-state index contributed by atoms with van der Waals surface area (Å²) in [5.41, 5.74) is 2.21. The van der Waals surface area contributed by atoms with Crippen LogP contribution < -0.4 is 0 Å². The average Bonchev–Trinajstić information content (AvgIpc) is 3.09. The minimum Gasteiger partial charge on any atom is -0.370 e. The molecule has 1 aromatic carbocycles. The van der Waals surface area contributed by atoms with Gasteiger partial charge in [0.1, 0.15) is 24.7 Å². The largest absolute Gasteiger partial charge is 0.370 e. The SMILES string of the molecule is C[N+]1(C23CCCC2C(c2ccccc2)=NO3)CCOCC1. The normalized spacial score (nSPS) is 34.1. The molecule has 2 unspecified atom stereocenters. The number of benzene rings is 1. The van der Waals surface area contributed by atoms with Crippen LogP contribution in [-0.4, -0.2) is 49.3 Å². The second kappa shape index (κ2) is 4.82. The van der Waals surface area contributed by atoms with E-state index in [2.05, 4.69) is 42.5 Å². The molecular formula is C17H23N2O2+. The molecular weight excluding hydrogens is 264 g/mol. The Bertz CT molecular complexity index is 551. The molecule has 0 radical (unpaired) electrons. The van der Waals surface area contributed by atoms with E-state index in [1.807, 2.05) is 0 Å². The number of rotatable bonds is 2. The zero-order chi connectivity index (χ0) is 14.3. The number of fused-ring (bicyclic) bond motifs is 1. The molecule has 0 amide bonds. The Balaban J connectivity index is 1.69. The number of hydrogen-bond donors (Lipinski definition) is 0. The van der Waals surface area contributed by atoms with Crippen molar-refractivity contribution >= 4 is 5.71 Å². The average molecular weight is 287 g/mol. The van der Waals surface area contributed by atoms with Crippen LogP contribution in [0.1, 0.15) is 24.8 Å². The van der Waals surface area contributed by atoms with E-state index in [1.165, 1.54) is 18.4 Å². The predicted molar refractivity (Wildman–Crippen MR) is 80.9 cm³/mol. The first kappa shape index (κ1) is 13.3. The number of quaternary nitrogens is 1. The topological polar surface area (TPSA) is 30.8 Å². The van der Waals surface area contributed by atoms with Crippen LogP contribution in [-0.2, 0) is 9.57 Å². The Kier molecular flexibility index (Phi) is 3.05. The minimum atomic E-state index is -0.158. The standard InChI is InChI=1S/C17H23N2O2/c1-19(10-12-20-13-11-19)17-9-5-8-15(17)16(18-21-17)14-6-3-2-4-7-14/h2-4,6-7,15H,5,8-13H2,1H3/q+1. The maximum atomic E-state index is 6.18. The molecule has 4 heteroatoms. The van der Waals surface area contributed by atoms with Gasteiger partial charge in [-0.3, -0.25) is 4.48 Å². The molecule has 0 bridgehead atoms. The number of oxime groups is 1. The molecule has 2 fully saturated rings. The first-order chi connectivity index (χ1) is 10.3. The van der Waals surface area contributed by atoms with Gasteiger partial charge in [0.2, 0.25) is 0 Å². The highest BCUT2D eigenvalue weighted by atomic mass is 16.7. The third-order valence-electron chi connectivity index (χ3n) is 5.65. The van der Waals surface area contributed by atoms with Gasteiger partial charge in [-0.05, 0) is 12.8 Å². The second-order valence-electron chi connectivity index (χ2n) is 6.68. The van der Waals surface area contributed by atoms with Crippen molar-refractivity contribution in [3.63, 3.8) is 0 Å². The molecule has 1 aromatic rings. The first-order valence-corrected chi connectivity index (χ1v) is 7.99. The summed E-state index contributed by atoms with van der Waals surface area (Å²) in [4.78, 5) is 6.18. The summed E-state index contributed by atoms with van der Waals surface area (Å²) in [6, 6.07) is 10.5. The van der Waals surface area contributed by atoms with Crippen molar-refractivity contribution in [3.05, 3.63) is 35.9 Å². The van der Waals surface area contributed by atoms with Crippen LogP contribution >= 0.6 is 0 Å². The third-order valence-corrected chi connectivity index (χ3v) is 5.65. The van der Waals surface area contributed by atoms with Gasteiger partial charge in [0.05, 0.1) is 20.3 Å². The van der Waals surface area contributed by atoms with Gasteiger partial charge < -0.3 is 9.57 Å². The van der Waals surface area contributed by atoms with Crippen LogP contribution in [0.3, 0.4) is 0 Å². The fraction of sp³-hybridized carbons (Fsp3) is 0.588. The van der Waals surface area contributed by atoms with E-state index in [9.17, 15) is 0 Å². The van der Waals surface area contributed by atoms with Crippen LogP contribution in [0.2, 0.25) is 0 Å². The van der Waals surface area contributed by atoms with E-state index in [-0.39, 0.29) is 5.72 Å². The summed E-state index contributed by atoms with van der Waals surface area (Å²) in [5, 5.41) is 4.54. The molecule has 0 N–H and O–H groups in total. The Labute approximate surface area is 125 Å². The number of morpholine rings is 1. The highest BCUT2D eigenvalue weighted by Crippen LogP contribution is 2.50. The summed E-state index contributed by atoms with van der Waals surface area (Å²) in [5.74, 6) is 0.419. The van der Waals surface area contributed by atoms with Gasteiger partial charge in [0.25, 0.3) is 5.72 Å². The Morgan fingerprint density at radius 1 is 1.19 bits per heavy atom. The second-order valence-corrected chi connectivity index (χ2v) is 6.68. The molecule has 4 nitrogen and oxygen atoms in total. The summed E-state index contributed by atoms with van der Waals surface area (Å²) < 4.78 is 6.51. The van der Waals surface area contributed by atoms with Gasteiger partial charge in [0, 0.05) is 12.0 Å². The Morgan fingerprint density at radius 3 is 2.71 bits per heavy atom. The fourth-order valence-electron chi connectivity index (χ4n) is 4.34. The van der Waals surface area contributed by atoms with Gasteiger partial charge in [-0.15, -0.1) is 0 Å². The molecule has 21 heavy (non-hydrogen) atoms. The molecule has 112 valence electrons. The summed E-state index contributed by atoms with van der Waals surface area (Å²) in [6.45, 7) is 3.70. The molecule has 1 saturated heterocycles. The lowest BCUT2D eigenvalue weighted by molar-refractivity contribution is -0.991. The minimum absolute atomic E-state index is 0.158. The van der Waals surface area contributed by atoms with Crippen LogP contribution in [0.15, 0.2) is 35.5 Å². The van der Waals surface area contributed by atoms with Crippen molar-refractivity contribution in [1.29, 1.82) is 0 Å². The van der Waals surface area contributed by atoms with Gasteiger partial charge >= 0.3 is 0 Å². The van der Waals surface area contributed by atoms with Crippen molar-refractivity contribution < 1.29 is 14.1 Å². The summed E-state index contributed by atoms with van der Waals surface area (Å²) >= 11 is 0. The maximum Gasteiger partial charge on any atom is 0.276 e. The first-order valence-electron chi connectivity index (χ1n) is 7.99. The van der Waals surface area contributed by atoms with Crippen LogP contribution in [0.4, 0.5) is 0 Å². The van der Waals surface area contributed by atoms with Crippen molar-refractivity contribution in [2.75, 3.05) is 33.4 Å². The summed E-state index contributed by atoms with van der Waals surface area (Å²) in [6.07, 6.45) is 3.52. The van der Waals surface area contributed by atoms with E-state index >= 15 is 0 Å². The van der Waals surface area contributed by atoms with Gasteiger partial charge in [-0.2, -0.15) is 0 Å². The van der Waals surface area contributed by atoms with Crippen LogP contribution in [0.5, 0.6) is 0 Å². The highest BCUT2D eigenvalue weighted by Gasteiger charge is 2.64. The molecule has 4 rings (SSSR count). The molecule has 1 aliphatic carbocycles. The molecule has 2 heterocycles. The lowest BCUT2D eigenvalue weighted by atomic mass is 9.87. The quantitative estimate of drug-likeness (QED) is 0.782. The van der Waals surface area contributed by atoms with E-state index in [4.69, 9.17) is 9.57 Å². The molecule has 0 aromatic heterocycles. The lowest BCUT2D eigenvalue weighted by Crippen LogP contribution is -2.67. The van der Waals surface area contributed by atoms with Crippen molar-refractivity contribution in [3.8, 4) is 0 Å². The number of likely N-dealkylation sites (N-methyl/N-ethyl adjacent to an activating group) is 1. The lowest BCUT2D eigenvalue weighted by Gasteiger charge is -2.48. The summed E-state index contributed by atoms with van der Waals surface area (Å²) in [7, 11) is 2.32. The van der Waals surface area contributed by atoms with Crippen molar-refractivity contribution in [2.45, 2.75) is 25.0 Å². The number of hydrogen-bond acceptors (Lipinski definition) is 3. The monoisotopic (exact) mass is 287 g/mol. The van der Waals surface area contributed by atoms with E-state index in [0.29, 0.717) is 5.92 Å². The van der Waals surface area contributed by atoms with Gasteiger partial charge in [-0.25, -0.2) is 0 Å². The highest BCUT2D eigenvalue weighted by molar-refractivity contribution is 6.03. The molecule has 2 aliphatic heterocycles. The zero-order valence-electron chi connectivity index (χ0n) is 12.6. The van der Waals surface area contributed by atoms with Gasteiger partial charge in [0.15, 0.2) is 0 Å². The van der Waals surface area contributed by atoms with Gasteiger partial charge in [-0.1, -0.05) is 35.5 Å². The smallest absolute Gasteiger partial charge is 0.276 e. The van der Waals surface area contributed by atoms with Crippen molar-refractivity contribution in [1.82, 2.24) is 0 Å². The molecule has 3 aliphatic rings. The maximum absolute atomic E-state index is 6.18. The van der Waals surface area contributed by atoms with Crippen LogP contribution in [0, 0.1) is 5.92 Å². The van der Waals surface area contributed by atoms with Crippen LogP contribution in [0.25, 0.3) is 0 Å². The third kappa shape index (κ3) is 1.86. The zero-order valence-corrected chi connectivity index (χ0v) is 12.6. The predicted octanol–water partition coefficient (Wildman–Crippen LogP) is 2.39.